The van der Waals surface area contributed by atoms with Gasteiger partial charge in [0.15, 0.2) is 5.75 Å². The van der Waals surface area contributed by atoms with Crippen LogP contribution >= 0.6 is 0 Å². The first-order valence-corrected chi connectivity index (χ1v) is 9.68. The zero-order valence-electron chi connectivity index (χ0n) is 12.6. The van der Waals surface area contributed by atoms with Gasteiger partial charge in [0.05, 0.1) is 0 Å². The number of benzene rings is 2. The zero-order valence-corrected chi connectivity index (χ0v) is 13.6. The summed E-state index contributed by atoms with van der Waals surface area (Å²) in [7, 11) is -2.49. The Hall–Kier alpha value is -2.53. The van der Waals surface area contributed by atoms with Crippen LogP contribution in [-0.2, 0) is 4.79 Å². The van der Waals surface area contributed by atoms with Crippen LogP contribution in [0.1, 0.15) is 0 Å². The minimum atomic E-state index is -2.49. The Kier molecular flexibility index (Phi) is 5.01. The Morgan fingerprint density at radius 2 is 1.55 bits per heavy atom. The highest BCUT2D eigenvalue weighted by Crippen LogP contribution is 2.30. The van der Waals surface area contributed by atoms with Gasteiger partial charge in [-0.25, -0.2) is 4.79 Å². The molecule has 2 rings (SSSR count). The van der Waals surface area contributed by atoms with E-state index in [0.29, 0.717) is 11.5 Å². The number of carbonyl (C=O) groups is 1. The van der Waals surface area contributed by atoms with Gasteiger partial charge in [-0.2, -0.15) is 0 Å². The zero-order chi connectivity index (χ0) is 16.0. The molecule has 0 amide bonds. The van der Waals surface area contributed by atoms with Crippen molar-refractivity contribution in [1.29, 1.82) is 0 Å². The van der Waals surface area contributed by atoms with E-state index in [1.807, 2.05) is 49.5 Å². The van der Waals surface area contributed by atoms with Gasteiger partial charge in [-0.3, -0.25) is 0 Å². The van der Waals surface area contributed by atoms with E-state index >= 15 is 0 Å². The summed E-state index contributed by atoms with van der Waals surface area (Å²) in [6, 6.07) is 16.5. The van der Waals surface area contributed by atoms with Crippen LogP contribution < -0.4 is 13.6 Å². The second-order valence-electron chi connectivity index (χ2n) is 4.99. The normalized spacial score (nSPS) is 10.6. The molecule has 0 aliphatic heterocycles. The fraction of sp³-hybridized carbons (Fsp3) is 0.118. The summed E-state index contributed by atoms with van der Waals surface area (Å²) >= 11 is 0. The molecular weight excluding hydrogens is 296 g/mol. The van der Waals surface area contributed by atoms with Gasteiger partial charge in [-0.15, -0.1) is 0 Å². The molecule has 0 atom stereocenters. The molecule has 0 aliphatic carbocycles. The molecule has 0 bridgehead atoms. The number of hydrogen-bond donors (Lipinski definition) is 0. The Labute approximate surface area is 131 Å². The molecule has 0 radical (unpaired) electrons. The third-order valence-corrected chi connectivity index (χ3v) is 4.13. The highest BCUT2D eigenvalue weighted by atomic mass is 28.4. The van der Waals surface area contributed by atoms with Gasteiger partial charge in [0.1, 0.15) is 11.5 Å². The van der Waals surface area contributed by atoms with E-state index in [2.05, 4.69) is 6.58 Å². The average Bonchev–Trinajstić information content (AvgIpc) is 2.49. The number of esters is 1. The molecule has 22 heavy (non-hydrogen) atoms. The molecule has 2 aromatic rings. The van der Waals surface area contributed by atoms with E-state index in [-0.39, 0.29) is 0 Å². The van der Waals surface area contributed by atoms with Gasteiger partial charge in [-0.1, -0.05) is 36.9 Å². The number of para-hydroxylation sites is 3. The summed E-state index contributed by atoms with van der Waals surface area (Å²) in [6.07, 6.45) is 1.11. The molecule has 0 aliphatic rings. The Morgan fingerprint density at radius 3 is 2.18 bits per heavy atom. The van der Waals surface area contributed by atoms with E-state index in [1.54, 1.807) is 18.2 Å². The molecule has 0 spiro atoms. The SMILES string of the molecule is C=CC(=O)Oc1ccccc1O[Si](C)(C)Oc1ccccc1. The molecule has 5 heteroatoms. The van der Waals surface area contributed by atoms with Crippen LogP contribution in [0.2, 0.25) is 13.1 Å². The van der Waals surface area contributed by atoms with Crippen molar-refractivity contribution in [3.8, 4) is 17.2 Å². The summed E-state index contributed by atoms with van der Waals surface area (Å²) in [5, 5.41) is 0. The first-order valence-electron chi connectivity index (χ1n) is 6.86. The van der Waals surface area contributed by atoms with Gasteiger partial charge in [0.25, 0.3) is 0 Å². The molecule has 0 saturated carbocycles. The minimum Gasteiger partial charge on any atom is -0.512 e. The lowest BCUT2D eigenvalue weighted by atomic mass is 10.3. The first-order chi connectivity index (χ1) is 10.5. The van der Waals surface area contributed by atoms with Crippen molar-refractivity contribution in [2.75, 3.05) is 0 Å². The fourth-order valence-electron chi connectivity index (χ4n) is 1.83. The molecule has 0 unspecified atom stereocenters. The van der Waals surface area contributed by atoms with Crippen LogP contribution in [0.3, 0.4) is 0 Å². The number of hydrogen-bond acceptors (Lipinski definition) is 4. The maximum atomic E-state index is 11.4. The van der Waals surface area contributed by atoms with Crippen molar-refractivity contribution >= 4 is 14.5 Å². The molecule has 2 aromatic carbocycles. The van der Waals surface area contributed by atoms with Crippen molar-refractivity contribution in [3.63, 3.8) is 0 Å². The van der Waals surface area contributed by atoms with Crippen LogP contribution in [0.15, 0.2) is 67.3 Å². The molecule has 0 heterocycles. The number of ether oxygens (including phenoxy) is 1. The molecule has 0 N–H and O–H groups in total. The lowest BCUT2D eigenvalue weighted by molar-refractivity contribution is -0.129. The molecule has 4 nitrogen and oxygen atoms in total. The smallest absolute Gasteiger partial charge is 0.454 e. The summed E-state index contributed by atoms with van der Waals surface area (Å²) in [4.78, 5) is 11.4. The molecule has 0 fully saturated rings. The summed E-state index contributed by atoms with van der Waals surface area (Å²) < 4.78 is 17.1. The highest BCUT2D eigenvalue weighted by molar-refractivity contribution is 6.66. The van der Waals surface area contributed by atoms with E-state index in [4.69, 9.17) is 13.6 Å². The second kappa shape index (κ2) is 6.95. The van der Waals surface area contributed by atoms with Gasteiger partial charge < -0.3 is 13.6 Å². The van der Waals surface area contributed by atoms with Crippen molar-refractivity contribution in [2.45, 2.75) is 13.1 Å². The van der Waals surface area contributed by atoms with E-state index < -0.39 is 14.5 Å². The monoisotopic (exact) mass is 314 g/mol. The molecular formula is C17H18O4Si. The first kappa shape index (κ1) is 15.8. The standard InChI is InChI=1S/C17H18O4Si/c1-4-17(18)19-15-12-8-9-13-16(15)21-22(2,3)20-14-10-6-5-7-11-14/h4-13H,1H2,2-3H3. The summed E-state index contributed by atoms with van der Waals surface area (Å²) in [5.74, 6) is 1.05. The van der Waals surface area contributed by atoms with Gasteiger partial charge in [0.2, 0.25) is 0 Å². The van der Waals surface area contributed by atoms with Crippen LogP contribution in [0.5, 0.6) is 17.2 Å². The van der Waals surface area contributed by atoms with Crippen LogP contribution in [0.25, 0.3) is 0 Å². The van der Waals surface area contributed by atoms with Crippen molar-refractivity contribution < 1.29 is 18.4 Å². The van der Waals surface area contributed by atoms with Gasteiger partial charge >= 0.3 is 14.5 Å². The Bertz CT molecular complexity index is 653. The third-order valence-electron chi connectivity index (χ3n) is 2.69. The summed E-state index contributed by atoms with van der Waals surface area (Å²) in [5.41, 5.74) is 0. The Balaban J connectivity index is 2.15. The lowest BCUT2D eigenvalue weighted by Gasteiger charge is -2.25. The quantitative estimate of drug-likeness (QED) is 0.351. The maximum Gasteiger partial charge on any atom is 0.454 e. The van der Waals surface area contributed by atoms with Gasteiger partial charge in [0, 0.05) is 19.2 Å². The maximum absolute atomic E-state index is 11.4. The molecule has 0 saturated heterocycles. The summed E-state index contributed by atoms with van der Waals surface area (Å²) in [6.45, 7) is 7.23. The second-order valence-corrected chi connectivity index (χ2v) is 8.20. The Morgan fingerprint density at radius 1 is 0.955 bits per heavy atom. The van der Waals surface area contributed by atoms with Crippen molar-refractivity contribution in [3.05, 3.63) is 67.3 Å². The number of rotatable bonds is 6. The van der Waals surface area contributed by atoms with Crippen molar-refractivity contribution in [1.82, 2.24) is 0 Å². The van der Waals surface area contributed by atoms with Crippen LogP contribution in [0, 0.1) is 0 Å². The molecule has 114 valence electrons. The average molecular weight is 314 g/mol. The van der Waals surface area contributed by atoms with Crippen LogP contribution in [0.4, 0.5) is 0 Å². The van der Waals surface area contributed by atoms with Crippen molar-refractivity contribution in [2.24, 2.45) is 0 Å². The minimum absolute atomic E-state index is 0.352. The highest BCUT2D eigenvalue weighted by Gasteiger charge is 2.30. The van der Waals surface area contributed by atoms with E-state index in [0.717, 1.165) is 11.8 Å². The van der Waals surface area contributed by atoms with E-state index in [9.17, 15) is 4.79 Å². The third kappa shape index (κ3) is 4.49. The van der Waals surface area contributed by atoms with Gasteiger partial charge in [-0.05, 0) is 24.3 Å². The van der Waals surface area contributed by atoms with Crippen LogP contribution in [-0.4, -0.2) is 14.5 Å². The molecule has 0 aromatic heterocycles. The largest absolute Gasteiger partial charge is 0.512 e. The predicted molar refractivity (Wildman–Crippen MR) is 87.5 cm³/mol. The topological polar surface area (TPSA) is 44.8 Å². The predicted octanol–water partition coefficient (Wildman–Crippen LogP) is 3.94. The number of carbonyl (C=O) groups excluding carboxylic acids is 1. The van der Waals surface area contributed by atoms with E-state index in [1.165, 1.54) is 0 Å². The lowest BCUT2D eigenvalue weighted by Crippen LogP contribution is -2.41. The fourth-order valence-corrected chi connectivity index (χ4v) is 3.27.